The molecule has 1 N–H and O–H groups in total. The van der Waals surface area contributed by atoms with Gasteiger partial charge in [0, 0.05) is 37.4 Å². The van der Waals surface area contributed by atoms with Crippen LogP contribution in [-0.4, -0.2) is 58.6 Å². The van der Waals surface area contributed by atoms with Crippen molar-refractivity contribution in [3.63, 3.8) is 0 Å². The van der Waals surface area contributed by atoms with Gasteiger partial charge in [-0.15, -0.1) is 0 Å². The van der Waals surface area contributed by atoms with E-state index in [-0.39, 0.29) is 11.8 Å². The van der Waals surface area contributed by atoms with Crippen LogP contribution in [0, 0.1) is 5.41 Å². The van der Waals surface area contributed by atoms with Crippen molar-refractivity contribution in [2.45, 2.75) is 45.1 Å². The van der Waals surface area contributed by atoms with Crippen LogP contribution in [0.3, 0.4) is 0 Å². The first kappa shape index (κ1) is 19.2. The van der Waals surface area contributed by atoms with Gasteiger partial charge < -0.3 is 14.5 Å². The highest BCUT2D eigenvalue weighted by atomic mass is 16.5. The van der Waals surface area contributed by atoms with Crippen molar-refractivity contribution in [2.24, 2.45) is 5.41 Å². The first-order valence-electron chi connectivity index (χ1n) is 10.9. The monoisotopic (exact) mass is 408 g/mol. The van der Waals surface area contributed by atoms with Gasteiger partial charge >= 0.3 is 0 Å². The summed E-state index contributed by atoms with van der Waals surface area (Å²) >= 11 is 0. The molecule has 2 fully saturated rings. The first-order chi connectivity index (χ1) is 14.6. The molecule has 1 spiro atoms. The molecule has 2 amide bonds. The van der Waals surface area contributed by atoms with E-state index in [1.165, 1.54) is 0 Å². The van der Waals surface area contributed by atoms with Crippen LogP contribution in [0.25, 0.3) is 0 Å². The Hall–Kier alpha value is -2.83. The molecule has 3 aliphatic rings. The number of fused-ring (bicyclic) bond motifs is 1. The molecular weight excluding hydrogens is 380 g/mol. The predicted octanol–water partition coefficient (Wildman–Crippen LogP) is 2.56. The first-order valence-corrected chi connectivity index (χ1v) is 10.9. The second kappa shape index (κ2) is 7.45. The number of H-pyrrole nitrogens is 1. The van der Waals surface area contributed by atoms with E-state index in [9.17, 15) is 9.59 Å². The Bertz CT molecular complexity index is 985. The molecule has 3 heterocycles. The third-order valence-corrected chi connectivity index (χ3v) is 6.98. The van der Waals surface area contributed by atoms with Crippen LogP contribution in [-0.2, 0) is 24.2 Å². The second-order valence-electron chi connectivity index (χ2n) is 8.82. The number of aromatic nitrogens is 2. The van der Waals surface area contributed by atoms with Gasteiger partial charge in [0.05, 0.1) is 12.5 Å². The lowest BCUT2D eigenvalue weighted by Crippen LogP contribution is -2.50. The van der Waals surface area contributed by atoms with Crippen LogP contribution < -0.4 is 4.74 Å². The van der Waals surface area contributed by atoms with Crippen LogP contribution in [0.1, 0.15) is 53.0 Å². The quantitative estimate of drug-likeness (QED) is 0.843. The highest BCUT2D eigenvalue weighted by molar-refractivity contribution is 5.95. The standard InChI is InChI=1S/C23H28N4O3/c1-30-17-6-2-5-16(13-17)14-26-11-4-9-23(22(26)29)10-12-27(15-23)21(28)20-18-7-3-8-19(18)24-25-20/h2,5-6,13H,3-4,7-12,14-15H2,1H3,(H,24,25). The molecule has 158 valence electrons. The molecular formula is C23H28N4O3. The SMILES string of the molecule is COc1cccc(CN2CCCC3(CCN(C(=O)c4n[nH]c5c4CCC5)C3)C2=O)c1. The number of piperidine rings is 1. The largest absolute Gasteiger partial charge is 0.497 e. The maximum atomic E-state index is 13.5. The topological polar surface area (TPSA) is 78.5 Å². The summed E-state index contributed by atoms with van der Waals surface area (Å²) in [6.45, 7) is 2.47. The van der Waals surface area contributed by atoms with Crippen molar-refractivity contribution < 1.29 is 14.3 Å². The molecule has 1 unspecified atom stereocenters. The lowest BCUT2D eigenvalue weighted by Gasteiger charge is -2.39. The van der Waals surface area contributed by atoms with Gasteiger partial charge in [0.2, 0.25) is 5.91 Å². The van der Waals surface area contributed by atoms with Gasteiger partial charge in [0.25, 0.3) is 5.91 Å². The van der Waals surface area contributed by atoms with Gasteiger partial charge in [0.1, 0.15) is 5.75 Å². The number of methoxy groups -OCH3 is 1. The zero-order chi connectivity index (χ0) is 20.7. The number of nitrogens with zero attached hydrogens (tertiary/aromatic N) is 3. The van der Waals surface area contributed by atoms with Gasteiger partial charge in [-0.1, -0.05) is 12.1 Å². The Morgan fingerprint density at radius 1 is 1.23 bits per heavy atom. The smallest absolute Gasteiger partial charge is 0.274 e. The van der Waals surface area contributed by atoms with E-state index >= 15 is 0 Å². The van der Waals surface area contributed by atoms with Crippen molar-refractivity contribution in [3.05, 3.63) is 46.8 Å². The summed E-state index contributed by atoms with van der Waals surface area (Å²) < 4.78 is 5.32. The van der Waals surface area contributed by atoms with Gasteiger partial charge in [-0.05, 0) is 56.2 Å². The van der Waals surface area contributed by atoms with Crippen LogP contribution in [0.5, 0.6) is 5.75 Å². The molecule has 30 heavy (non-hydrogen) atoms. The van der Waals surface area contributed by atoms with E-state index in [1.54, 1.807) is 7.11 Å². The Morgan fingerprint density at radius 2 is 2.13 bits per heavy atom. The number of ether oxygens (including phenoxy) is 1. The molecule has 7 heteroatoms. The zero-order valence-corrected chi connectivity index (χ0v) is 17.4. The van der Waals surface area contributed by atoms with Gasteiger partial charge in [-0.25, -0.2) is 0 Å². The average molecular weight is 409 g/mol. The van der Waals surface area contributed by atoms with Crippen LogP contribution in [0.15, 0.2) is 24.3 Å². The summed E-state index contributed by atoms with van der Waals surface area (Å²) in [7, 11) is 1.65. The van der Waals surface area contributed by atoms with Gasteiger partial charge in [0.15, 0.2) is 5.69 Å². The molecule has 1 aromatic carbocycles. The fourth-order valence-electron chi connectivity index (χ4n) is 5.36. The van der Waals surface area contributed by atoms with Crippen molar-refractivity contribution in [1.82, 2.24) is 20.0 Å². The fourth-order valence-corrected chi connectivity index (χ4v) is 5.36. The van der Waals surface area contributed by atoms with E-state index in [2.05, 4.69) is 10.2 Å². The second-order valence-corrected chi connectivity index (χ2v) is 8.82. The molecule has 2 saturated heterocycles. The molecule has 7 nitrogen and oxygen atoms in total. The normalized spacial score (nSPS) is 23.3. The predicted molar refractivity (Wildman–Crippen MR) is 111 cm³/mol. The van der Waals surface area contributed by atoms with Gasteiger partial charge in [-0.3, -0.25) is 14.7 Å². The van der Waals surface area contributed by atoms with Crippen molar-refractivity contribution >= 4 is 11.8 Å². The number of carbonyl (C=O) groups excluding carboxylic acids is 2. The Labute approximate surface area is 176 Å². The molecule has 2 aliphatic heterocycles. The molecule has 1 aromatic heterocycles. The van der Waals surface area contributed by atoms with E-state index in [0.29, 0.717) is 25.3 Å². The maximum absolute atomic E-state index is 13.5. The van der Waals surface area contributed by atoms with Crippen LogP contribution in [0.4, 0.5) is 0 Å². The number of nitrogens with one attached hydrogen (secondary N) is 1. The molecule has 1 atom stereocenters. The van der Waals surface area contributed by atoms with Gasteiger partial charge in [-0.2, -0.15) is 5.10 Å². The Balaban J connectivity index is 1.31. The average Bonchev–Trinajstić information content (AvgIpc) is 3.48. The van der Waals surface area contributed by atoms with E-state index in [1.807, 2.05) is 34.1 Å². The molecule has 2 aromatic rings. The number of rotatable bonds is 4. The number of aromatic amines is 1. The van der Waals surface area contributed by atoms with E-state index < -0.39 is 5.41 Å². The lowest BCUT2D eigenvalue weighted by molar-refractivity contribution is -0.146. The number of benzene rings is 1. The minimum atomic E-state index is -0.452. The Morgan fingerprint density at radius 3 is 3.00 bits per heavy atom. The summed E-state index contributed by atoms with van der Waals surface area (Å²) in [6.07, 6.45) is 5.51. The summed E-state index contributed by atoms with van der Waals surface area (Å²) in [5.74, 6) is 0.957. The third kappa shape index (κ3) is 3.16. The minimum Gasteiger partial charge on any atom is -0.497 e. The maximum Gasteiger partial charge on any atom is 0.274 e. The zero-order valence-electron chi connectivity index (χ0n) is 17.4. The molecule has 0 bridgehead atoms. The van der Waals surface area contributed by atoms with Crippen LogP contribution >= 0.6 is 0 Å². The summed E-state index contributed by atoms with van der Waals surface area (Å²) in [5, 5.41) is 7.33. The van der Waals surface area contributed by atoms with Crippen molar-refractivity contribution in [3.8, 4) is 5.75 Å². The third-order valence-electron chi connectivity index (χ3n) is 6.98. The number of amides is 2. The van der Waals surface area contributed by atoms with Crippen molar-refractivity contribution in [1.29, 1.82) is 0 Å². The summed E-state index contributed by atoms with van der Waals surface area (Å²) in [5.41, 5.74) is 3.36. The number of likely N-dealkylation sites (tertiary alicyclic amines) is 2. The van der Waals surface area contributed by atoms with E-state index in [0.717, 1.165) is 67.6 Å². The molecule has 1 aliphatic carbocycles. The summed E-state index contributed by atoms with van der Waals surface area (Å²) in [6, 6.07) is 7.88. The number of aryl methyl sites for hydroxylation is 1. The summed E-state index contributed by atoms with van der Waals surface area (Å²) in [4.78, 5) is 30.4. The molecule has 5 rings (SSSR count). The van der Waals surface area contributed by atoms with Crippen LogP contribution in [0.2, 0.25) is 0 Å². The van der Waals surface area contributed by atoms with Crippen molar-refractivity contribution in [2.75, 3.05) is 26.7 Å². The minimum absolute atomic E-state index is 0.0241. The lowest BCUT2D eigenvalue weighted by atomic mass is 9.78. The molecule has 0 radical (unpaired) electrons. The number of carbonyl (C=O) groups is 2. The fraction of sp³-hybridized carbons (Fsp3) is 0.522. The Kier molecular flexibility index (Phi) is 4.76. The number of hydrogen-bond acceptors (Lipinski definition) is 4. The highest BCUT2D eigenvalue weighted by Gasteiger charge is 2.49. The highest BCUT2D eigenvalue weighted by Crippen LogP contribution is 2.41. The molecule has 0 saturated carbocycles. The van der Waals surface area contributed by atoms with E-state index in [4.69, 9.17) is 4.74 Å². The number of hydrogen-bond donors (Lipinski definition) is 1.